The fourth-order valence-corrected chi connectivity index (χ4v) is 3.92. The van der Waals surface area contributed by atoms with Crippen LogP contribution in [0, 0.1) is 0 Å². The lowest BCUT2D eigenvalue weighted by Gasteiger charge is -2.28. The Morgan fingerprint density at radius 3 is 2.55 bits per heavy atom. The Bertz CT molecular complexity index is 430. The average Bonchev–Trinajstić information content (AvgIpc) is 2.49. The molecule has 0 aromatic heterocycles. The number of nitrogens with zero attached hydrogens (tertiary/aromatic N) is 1. The Morgan fingerprint density at radius 2 is 2.00 bits per heavy atom. The first-order chi connectivity index (χ1) is 9.25. The van der Waals surface area contributed by atoms with Gasteiger partial charge >= 0.3 is 5.97 Å². The zero-order valence-electron chi connectivity index (χ0n) is 13.0. The zero-order valence-corrected chi connectivity index (χ0v) is 13.8. The predicted octanol–water partition coefficient (Wildman–Crippen LogP) is 1.62. The number of carbonyl (C=O) groups excluding carboxylic acids is 1. The monoisotopic (exact) mass is 305 g/mol. The van der Waals surface area contributed by atoms with Crippen LogP contribution < -0.4 is 0 Å². The van der Waals surface area contributed by atoms with Crippen LogP contribution in [0.15, 0.2) is 0 Å². The SMILES string of the molecule is CCCC[C@@H](C(=O)OC)N1CCC(C)(C)S(=O)(=O)CC1. The van der Waals surface area contributed by atoms with Gasteiger partial charge < -0.3 is 4.74 Å². The van der Waals surface area contributed by atoms with Gasteiger partial charge in [-0.3, -0.25) is 9.69 Å². The highest BCUT2D eigenvalue weighted by atomic mass is 32.2. The fourth-order valence-electron chi connectivity index (χ4n) is 2.49. The minimum atomic E-state index is -3.11. The molecule has 0 aliphatic carbocycles. The van der Waals surface area contributed by atoms with E-state index in [9.17, 15) is 13.2 Å². The minimum Gasteiger partial charge on any atom is -0.468 e. The molecule has 0 radical (unpaired) electrons. The third kappa shape index (κ3) is 3.95. The highest BCUT2D eigenvalue weighted by molar-refractivity contribution is 7.92. The van der Waals surface area contributed by atoms with Crippen molar-refractivity contribution >= 4 is 15.8 Å². The van der Waals surface area contributed by atoms with Gasteiger partial charge in [0.15, 0.2) is 9.84 Å². The molecule has 1 rings (SSSR count). The molecule has 1 heterocycles. The molecule has 0 aromatic rings. The summed E-state index contributed by atoms with van der Waals surface area (Å²) < 4.78 is 28.6. The van der Waals surface area contributed by atoms with Crippen molar-refractivity contribution in [3.8, 4) is 0 Å². The molecule has 1 saturated heterocycles. The molecule has 1 fully saturated rings. The normalized spacial score (nSPS) is 23.8. The molecule has 1 aliphatic rings. The predicted molar refractivity (Wildman–Crippen MR) is 79.4 cm³/mol. The molecule has 6 heteroatoms. The number of esters is 1. The third-order valence-corrected chi connectivity index (χ3v) is 6.84. The van der Waals surface area contributed by atoms with Crippen LogP contribution in [0.1, 0.15) is 46.5 Å². The van der Waals surface area contributed by atoms with Crippen LogP contribution in [0.25, 0.3) is 0 Å². The third-order valence-electron chi connectivity index (χ3n) is 4.24. The lowest BCUT2D eigenvalue weighted by atomic mass is 10.1. The highest BCUT2D eigenvalue weighted by Gasteiger charge is 2.39. The molecule has 0 aromatic carbocycles. The van der Waals surface area contributed by atoms with Crippen molar-refractivity contribution in [1.29, 1.82) is 0 Å². The van der Waals surface area contributed by atoms with Gasteiger partial charge in [0.05, 0.1) is 17.6 Å². The number of rotatable bonds is 5. The van der Waals surface area contributed by atoms with Crippen molar-refractivity contribution in [2.24, 2.45) is 0 Å². The number of hydrogen-bond donors (Lipinski definition) is 0. The van der Waals surface area contributed by atoms with Gasteiger partial charge in [-0.25, -0.2) is 8.42 Å². The van der Waals surface area contributed by atoms with Gasteiger partial charge in [-0.2, -0.15) is 0 Å². The second kappa shape index (κ2) is 6.89. The Labute approximate surface area is 122 Å². The average molecular weight is 305 g/mol. The molecule has 0 spiro atoms. The summed E-state index contributed by atoms with van der Waals surface area (Å²) in [5, 5.41) is 0. The summed E-state index contributed by atoms with van der Waals surface area (Å²) in [7, 11) is -1.72. The minimum absolute atomic E-state index is 0.111. The summed E-state index contributed by atoms with van der Waals surface area (Å²) in [4.78, 5) is 13.9. The standard InChI is InChI=1S/C14H27NO4S/c1-5-6-7-12(13(16)19-4)15-9-8-14(2,3)20(17,18)11-10-15/h12H,5-11H2,1-4H3/t12-/m0/s1. The molecule has 5 nitrogen and oxygen atoms in total. The number of sulfone groups is 1. The van der Waals surface area contributed by atoms with E-state index in [-0.39, 0.29) is 17.8 Å². The Hall–Kier alpha value is -0.620. The second-order valence-corrected chi connectivity index (χ2v) is 8.79. The molecule has 118 valence electrons. The molecule has 0 N–H and O–H groups in total. The molecule has 1 aliphatic heterocycles. The Morgan fingerprint density at radius 1 is 1.35 bits per heavy atom. The van der Waals surface area contributed by atoms with E-state index in [0.29, 0.717) is 19.5 Å². The van der Waals surface area contributed by atoms with Crippen LogP contribution in [0.4, 0.5) is 0 Å². The number of carbonyl (C=O) groups is 1. The molecular weight excluding hydrogens is 278 g/mol. The van der Waals surface area contributed by atoms with E-state index in [1.165, 1.54) is 7.11 Å². The first-order valence-electron chi connectivity index (χ1n) is 7.29. The summed E-state index contributed by atoms with van der Waals surface area (Å²) in [5.41, 5.74) is 0. The number of hydrogen-bond acceptors (Lipinski definition) is 5. The van der Waals surface area contributed by atoms with Crippen LogP contribution in [0.3, 0.4) is 0 Å². The largest absolute Gasteiger partial charge is 0.468 e. The summed E-state index contributed by atoms with van der Waals surface area (Å²) in [6.45, 7) is 6.64. The van der Waals surface area contributed by atoms with E-state index < -0.39 is 14.6 Å². The highest BCUT2D eigenvalue weighted by Crippen LogP contribution is 2.26. The quantitative estimate of drug-likeness (QED) is 0.722. The molecule has 1 atom stereocenters. The van der Waals surface area contributed by atoms with E-state index in [0.717, 1.165) is 19.3 Å². The van der Waals surface area contributed by atoms with Gasteiger partial charge in [0.25, 0.3) is 0 Å². The lowest BCUT2D eigenvalue weighted by Crippen LogP contribution is -2.43. The van der Waals surface area contributed by atoms with Crippen LogP contribution in [0.5, 0.6) is 0 Å². The van der Waals surface area contributed by atoms with Crippen LogP contribution in [0.2, 0.25) is 0 Å². The van der Waals surface area contributed by atoms with Crippen molar-refractivity contribution in [2.45, 2.75) is 57.2 Å². The maximum Gasteiger partial charge on any atom is 0.323 e. The topological polar surface area (TPSA) is 63.7 Å². The van der Waals surface area contributed by atoms with Crippen LogP contribution in [-0.4, -0.2) is 56.0 Å². The summed E-state index contributed by atoms with van der Waals surface area (Å²) in [6.07, 6.45) is 3.22. The van der Waals surface area contributed by atoms with Gasteiger partial charge in [0.2, 0.25) is 0 Å². The van der Waals surface area contributed by atoms with E-state index in [4.69, 9.17) is 4.74 Å². The Balaban J connectivity index is 2.86. The summed E-state index contributed by atoms with van der Waals surface area (Å²) in [5.74, 6) is -0.143. The molecule has 0 saturated carbocycles. The first-order valence-corrected chi connectivity index (χ1v) is 8.94. The summed E-state index contributed by atoms with van der Waals surface area (Å²) in [6, 6.07) is -0.316. The van der Waals surface area contributed by atoms with E-state index >= 15 is 0 Å². The number of unbranched alkanes of at least 4 members (excludes halogenated alkanes) is 1. The maximum atomic E-state index is 12.2. The number of methoxy groups -OCH3 is 1. The molecule has 20 heavy (non-hydrogen) atoms. The fraction of sp³-hybridized carbons (Fsp3) is 0.929. The number of ether oxygens (including phenoxy) is 1. The lowest BCUT2D eigenvalue weighted by molar-refractivity contribution is -0.147. The van der Waals surface area contributed by atoms with Crippen molar-refractivity contribution < 1.29 is 17.9 Å². The molecule has 0 amide bonds. The molecule has 0 unspecified atom stereocenters. The Kier molecular flexibility index (Phi) is 6.01. The van der Waals surface area contributed by atoms with Gasteiger partial charge in [0.1, 0.15) is 6.04 Å². The smallest absolute Gasteiger partial charge is 0.323 e. The van der Waals surface area contributed by atoms with Crippen molar-refractivity contribution in [2.75, 3.05) is 26.0 Å². The van der Waals surface area contributed by atoms with Gasteiger partial charge in [-0.1, -0.05) is 19.8 Å². The van der Waals surface area contributed by atoms with Crippen molar-refractivity contribution in [3.63, 3.8) is 0 Å². The first kappa shape index (κ1) is 17.4. The van der Waals surface area contributed by atoms with Gasteiger partial charge in [-0.05, 0) is 26.7 Å². The molecule has 0 bridgehead atoms. The maximum absolute atomic E-state index is 12.2. The second-order valence-electron chi connectivity index (χ2n) is 6.05. The van der Waals surface area contributed by atoms with E-state index in [2.05, 4.69) is 6.92 Å². The summed E-state index contributed by atoms with van der Waals surface area (Å²) >= 11 is 0. The zero-order chi connectivity index (χ0) is 15.4. The van der Waals surface area contributed by atoms with Crippen LogP contribution >= 0.6 is 0 Å². The van der Waals surface area contributed by atoms with Gasteiger partial charge in [-0.15, -0.1) is 0 Å². The van der Waals surface area contributed by atoms with Crippen molar-refractivity contribution in [3.05, 3.63) is 0 Å². The van der Waals surface area contributed by atoms with E-state index in [1.54, 1.807) is 13.8 Å². The molecular formula is C14H27NO4S. The van der Waals surface area contributed by atoms with Gasteiger partial charge in [0, 0.05) is 13.1 Å². The van der Waals surface area contributed by atoms with Crippen LogP contribution in [-0.2, 0) is 19.4 Å². The van der Waals surface area contributed by atoms with Crippen molar-refractivity contribution in [1.82, 2.24) is 4.90 Å². The van der Waals surface area contributed by atoms with E-state index in [1.807, 2.05) is 4.90 Å².